The third-order valence-corrected chi connectivity index (χ3v) is 6.36. The summed E-state index contributed by atoms with van der Waals surface area (Å²) in [5.41, 5.74) is 4.68. The van der Waals surface area contributed by atoms with E-state index in [0.717, 1.165) is 45.5 Å². The average Bonchev–Trinajstić information content (AvgIpc) is 3.15. The van der Waals surface area contributed by atoms with Crippen LogP contribution in [-0.4, -0.2) is 30.5 Å². The molecule has 4 rings (SSSR count). The first kappa shape index (κ1) is 20.4. The number of rotatable bonds is 7. The molecular weight excluding hydrogens is 390 g/mol. The zero-order valence-electron chi connectivity index (χ0n) is 17.7. The summed E-state index contributed by atoms with van der Waals surface area (Å²) in [5.74, 6) is -0.0168. The molecule has 0 bridgehead atoms. The molecule has 0 radical (unpaired) electrons. The summed E-state index contributed by atoms with van der Waals surface area (Å²) in [4.78, 5) is 21.3. The van der Waals surface area contributed by atoms with Gasteiger partial charge in [-0.3, -0.25) is 4.79 Å². The lowest BCUT2D eigenvalue weighted by atomic mass is 10.1. The first-order valence-corrected chi connectivity index (χ1v) is 11.3. The topological polar surface area (TPSA) is 45.2 Å². The van der Waals surface area contributed by atoms with E-state index >= 15 is 0 Å². The van der Waals surface area contributed by atoms with Gasteiger partial charge in [0, 0.05) is 36.1 Å². The maximum Gasteiger partial charge on any atom is 0.261 e. The molecule has 0 saturated heterocycles. The monoisotopic (exact) mass is 417 g/mol. The number of nitrogens with one attached hydrogen (secondary N) is 1. The predicted octanol–water partition coefficient (Wildman–Crippen LogP) is 5.71. The van der Waals surface area contributed by atoms with Crippen LogP contribution in [0.1, 0.15) is 34.1 Å². The lowest BCUT2D eigenvalue weighted by Gasteiger charge is -2.23. The van der Waals surface area contributed by atoms with Crippen molar-refractivity contribution in [2.45, 2.75) is 27.2 Å². The Balaban J connectivity index is 1.37. The first-order chi connectivity index (χ1) is 14.5. The van der Waals surface area contributed by atoms with Crippen LogP contribution in [0.3, 0.4) is 0 Å². The molecule has 0 atom stereocenters. The minimum atomic E-state index is -0.0168. The molecule has 2 aromatic carbocycles. The van der Waals surface area contributed by atoms with Crippen molar-refractivity contribution in [2.75, 3.05) is 24.5 Å². The van der Waals surface area contributed by atoms with Crippen molar-refractivity contribution in [1.29, 1.82) is 0 Å². The quantitative estimate of drug-likeness (QED) is 0.392. The van der Waals surface area contributed by atoms with Crippen molar-refractivity contribution in [2.24, 2.45) is 0 Å². The minimum Gasteiger partial charge on any atom is -0.372 e. The lowest BCUT2D eigenvalue weighted by molar-refractivity contribution is 0.0957. The molecule has 0 spiro atoms. The number of benzene rings is 2. The molecule has 5 heteroatoms. The summed E-state index contributed by atoms with van der Waals surface area (Å²) in [6, 6.07) is 18.9. The molecular formula is C25H27N3OS. The van der Waals surface area contributed by atoms with Crippen molar-refractivity contribution in [1.82, 2.24) is 10.3 Å². The average molecular weight is 418 g/mol. The van der Waals surface area contributed by atoms with Crippen LogP contribution < -0.4 is 10.2 Å². The standard InChI is InChI=1S/C25H27N3OS/c1-4-28(21-8-5-7-17(2)14-21)12-6-11-26-24(29)23-16-20-15-19-13-18(3)9-10-22(19)27-25(20)30-23/h5,7-10,13-16H,4,6,11-12H2,1-3H3,(H,26,29). The maximum absolute atomic E-state index is 12.6. The van der Waals surface area contributed by atoms with Gasteiger partial charge in [-0.2, -0.15) is 0 Å². The van der Waals surface area contributed by atoms with Gasteiger partial charge in [-0.1, -0.05) is 23.8 Å². The summed E-state index contributed by atoms with van der Waals surface area (Å²) in [6.07, 6.45) is 0.903. The second-order valence-electron chi connectivity index (χ2n) is 7.72. The number of carbonyl (C=O) groups is 1. The normalized spacial score (nSPS) is 11.2. The largest absolute Gasteiger partial charge is 0.372 e. The Labute approximate surface area is 181 Å². The van der Waals surface area contributed by atoms with E-state index in [-0.39, 0.29) is 5.91 Å². The highest BCUT2D eigenvalue weighted by atomic mass is 32.1. The zero-order chi connectivity index (χ0) is 21.1. The van der Waals surface area contributed by atoms with Gasteiger partial charge in [0.05, 0.1) is 10.4 Å². The molecule has 2 aromatic heterocycles. The SMILES string of the molecule is CCN(CCCNC(=O)c1cc2cc3cc(C)ccc3nc2s1)c1cccc(C)c1. The number of hydrogen-bond donors (Lipinski definition) is 1. The van der Waals surface area contributed by atoms with E-state index in [4.69, 9.17) is 4.98 Å². The van der Waals surface area contributed by atoms with Gasteiger partial charge in [-0.05, 0) is 69.2 Å². The number of aryl methyl sites for hydroxylation is 2. The van der Waals surface area contributed by atoms with E-state index in [1.165, 1.54) is 28.2 Å². The van der Waals surface area contributed by atoms with Gasteiger partial charge < -0.3 is 10.2 Å². The number of thiophene rings is 1. The molecule has 2 heterocycles. The Morgan fingerprint density at radius 1 is 1.03 bits per heavy atom. The van der Waals surface area contributed by atoms with Crippen molar-refractivity contribution >= 4 is 44.1 Å². The maximum atomic E-state index is 12.6. The smallest absolute Gasteiger partial charge is 0.261 e. The highest BCUT2D eigenvalue weighted by Crippen LogP contribution is 2.28. The van der Waals surface area contributed by atoms with Gasteiger partial charge in [-0.25, -0.2) is 4.98 Å². The number of amides is 1. The molecule has 1 amide bonds. The van der Waals surface area contributed by atoms with Crippen molar-refractivity contribution in [3.8, 4) is 0 Å². The van der Waals surface area contributed by atoms with E-state index in [9.17, 15) is 4.79 Å². The zero-order valence-corrected chi connectivity index (χ0v) is 18.6. The van der Waals surface area contributed by atoms with Crippen LogP contribution in [0.2, 0.25) is 0 Å². The molecule has 0 aliphatic rings. The molecule has 154 valence electrons. The number of nitrogens with zero attached hydrogens (tertiary/aromatic N) is 2. The Hall–Kier alpha value is -2.92. The third-order valence-electron chi connectivity index (χ3n) is 5.32. The molecule has 1 N–H and O–H groups in total. The lowest BCUT2D eigenvalue weighted by Crippen LogP contribution is -2.29. The Morgan fingerprint density at radius 3 is 2.67 bits per heavy atom. The second-order valence-corrected chi connectivity index (χ2v) is 8.75. The van der Waals surface area contributed by atoms with E-state index in [2.05, 4.69) is 73.5 Å². The molecule has 4 nitrogen and oxygen atoms in total. The fraction of sp³-hybridized carbons (Fsp3) is 0.280. The van der Waals surface area contributed by atoms with Crippen LogP contribution in [0.25, 0.3) is 21.1 Å². The summed E-state index contributed by atoms with van der Waals surface area (Å²) in [5, 5.41) is 5.21. The highest BCUT2D eigenvalue weighted by Gasteiger charge is 2.12. The minimum absolute atomic E-state index is 0.0168. The van der Waals surface area contributed by atoms with Gasteiger partial charge in [0.25, 0.3) is 5.91 Å². The molecule has 30 heavy (non-hydrogen) atoms. The van der Waals surface area contributed by atoms with E-state index in [0.29, 0.717) is 6.54 Å². The number of pyridine rings is 1. The third kappa shape index (κ3) is 4.46. The number of hydrogen-bond acceptors (Lipinski definition) is 4. The number of anilines is 1. The molecule has 4 aromatic rings. The Morgan fingerprint density at radius 2 is 1.87 bits per heavy atom. The van der Waals surface area contributed by atoms with Gasteiger partial charge in [0.15, 0.2) is 0 Å². The second kappa shape index (κ2) is 8.84. The Kier molecular flexibility index (Phi) is 6.00. The van der Waals surface area contributed by atoms with Gasteiger partial charge >= 0.3 is 0 Å². The van der Waals surface area contributed by atoms with Crippen molar-refractivity contribution in [3.05, 3.63) is 70.6 Å². The van der Waals surface area contributed by atoms with Gasteiger partial charge in [0.1, 0.15) is 4.83 Å². The van der Waals surface area contributed by atoms with Crippen molar-refractivity contribution < 1.29 is 4.79 Å². The summed E-state index contributed by atoms with van der Waals surface area (Å²) in [6.45, 7) is 8.88. The van der Waals surface area contributed by atoms with E-state index in [1.807, 2.05) is 12.1 Å². The molecule has 0 saturated carbocycles. The predicted molar refractivity (Wildman–Crippen MR) is 128 cm³/mol. The molecule has 0 aliphatic heterocycles. The Bertz CT molecular complexity index is 1200. The molecule has 0 fully saturated rings. The highest BCUT2D eigenvalue weighted by molar-refractivity contribution is 7.20. The molecule has 0 unspecified atom stereocenters. The number of fused-ring (bicyclic) bond motifs is 2. The van der Waals surface area contributed by atoms with Gasteiger partial charge in [-0.15, -0.1) is 11.3 Å². The number of aromatic nitrogens is 1. The van der Waals surface area contributed by atoms with Crippen LogP contribution in [0.4, 0.5) is 5.69 Å². The van der Waals surface area contributed by atoms with Crippen LogP contribution in [0.15, 0.2) is 54.6 Å². The van der Waals surface area contributed by atoms with Crippen LogP contribution in [-0.2, 0) is 0 Å². The van der Waals surface area contributed by atoms with Crippen molar-refractivity contribution in [3.63, 3.8) is 0 Å². The fourth-order valence-electron chi connectivity index (χ4n) is 3.72. The summed E-state index contributed by atoms with van der Waals surface area (Å²) < 4.78 is 0. The van der Waals surface area contributed by atoms with Crippen LogP contribution >= 0.6 is 11.3 Å². The summed E-state index contributed by atoms with van der Waals surface area (Å²) >= 11 is 1.46. The molecule has 0 aliphatic carbocycles. The fourth-order valence-corrected chi connectivity index (χ4v) is 4.66. The van der Waals surface area contributed by atoms with Gasteiger partial charge in [0.2, 0.25) is 0 Å². The summed E-state index contributed by atoms with van der Waals surface area (Å²) in [7, 11) is 0. The van der Waals surface area contributed by atoms with Crippen LogP contribution in [0, 0.1) is 13.8 Å². The van der Waals surface area contributed by atoms with E-state index in [1.54, 1.807) is 0 Å². The van der Waals surface area contributed by atoms with Crippen LogP contribution in [0.5, 0.6) is 0 Å². The van der Waals surface area contributed by atoms with E-state index < -0.39 is 0 Å². The number of carbonyl (C=O) groups excluding carboxylic acids is 1. The first-order valence-electron chi connectivity index (χ1n) is 10.4.